The third kappa shape index (κ3) is 6.37. The molecule has 7 heteroatoms. The first-order chi connectivity index (χ1) is 12.5. The van der Waals surface area contributed by atoms with E-state index in [-0.39, 0.29) is 10.8 Å². The zero-order valence-corrected chi connectivity index (χ0v) is 17.1. The van der Waals surface area contributed by atoms with Crippen molar-refractivity contribution in [3.63, 3.8) is 0 Å². The highest BCUT2D eigenvalue weighted by Gasteiger charge is 2.22. The smallest absolute Gasteiger partial charge is 0.265 e. The van der Waals surface area contributed by atoms with E-state index >= 15 is 0 Å². The Balaban J connectivity index is 2.01. The molecule has 0 aliphatic carbocycles. The van der Waals surface area contributed by atoms with Crippen molar-refractivity contribution in [2.45, 2.75) is 51.2 Å². The molecule has 1 unspecified atom stereocenters. The summed E-state index contributed by atoms with van der Waals surface area (Å²) in [5, 5.41) is 2.72. The predicted octanol–water partition coefficient (Wildman–Crippen LogP) is 3.48. The second-order valence-corrected chi connectivity index (χ2v) is 9.12. The molecule has 0 saturated heterocycles. The number of nitrogens with one attached hydrogen (secondary N) is 2. The maximum atomic E-state index is 12.3. The molecule has 2 aromatic rings. The molecular weight excluding hydrogens is 364 g/mol. The molecule has 0 saturated carbocycles. The van der Waals surface area contributed by atoms with Crippen molar-refractivity contribution in [2.75, 3.05) is 5.32 Å². The maximum Gasteiger partial charge on any atom is 0.265 e. The van der Waals surface area contributed by atoms with Crippen molar-refractivity contribution >= 4 is 21.6 Å². The van der Waals surface area contributed by atoms with Gasteiger partial charge >= 0.3 is 0 Å². The van der Waals surface area contributed by atoms with Gasteiger partial charge < -0.3 is 10.1 Å². The van der Waals surface area contributed by atoms with Gasteiger partial charge in [-0.25, -0.2) is 13.1 Å². The van der Waals surface area contributed by atoms with Gasteiger partial charge in [-0.3, -0.25) is 4.79 Å². The third-order valence-corrected chi connectivity index (χ3v) is 5.35. The van der Waals surface area contributed by atoms with Gasteiger partial charge in [-0.05, 0) is 71.0 Å². The van der Waals surface area contributed by atoms with Gasteiger partial charge in [-0.15, -0.1) is 0 Å². The van der Waals surface area contributed by atoms with Crippen LogP contribution in [-0.2, 0) is 14.8 Å². The van der Waals surface area contributed by atoms with Crippen molar-refractivity contribution in [1.29, 1.82) is 0 Å². The Hall–Kier alpha value is -2.38. The maximum absolute atomic E-state index is 12.3. The van der Waals surface area contributed by atoms with Crippen LogP contribution in [0.25, 0.3) is 0 Å². The lowest BCUT2D eigenvalue weighted by atomic mass is 10.1. The lowest BCUT2D eigenvalue weighted by Crippen LogP contribution is -2.40. The van der Waals surface area contributed by atoms with Gasteiger partial charge in [0.15, 0.2) is 6.10 Å². The summed E-state index contributed by atoms with van der Waals surface area (Å²) in [5.74, 6) is 0.289. The van der Waals surface area contributed by atoms with Gasteiger partial charge in [0.05, 0.1) is 4.90 Å². The van der Waals surface area contributed by atoms with Crippen LogP contribution in [0.4, 0.5) is 5.69 Å². The fraction of sp³-hybridized carbons (Fsp3) is 0.350. The van der Waals surface area contributed by atoms with Gasteiger partial charge in [0, 0.05) is 11.2 Å². The van der Waals surface area contributed by atoms with Crippen LogP contribution in [0.5, 0.6) is 5.75 Å². The van der Waals surface area contributed by atoms with E-state index in [1.165, 1.54) is 12.1 Å². The number of aryl methyl sites for hydroxylation is 1. The number of hydrogen-bond donors (Lipinski definition) is 2. The van der Waals surface area contributed by atoms with E-state index in [2.05, 4.69) is 10.0 Å². The summed E-state index contributed by atoms with van der Waals surface area (Å²) in [7, 11) is -3.61. The topological polar surface area (TPSA) is 84.5 Å². The quantitative estimate of drug-likeness (QED) is 0.791. The number of anilines is 1. The molecule has 27 heavy (non-hydrogen) atoms. The van der Waals surface area contributed by atoms with Crippen molar-refractivity contribution in [3.05, 3.63) is 54.1 Å². The number of carbonyl (C=O) groups is 1. The first-order valence-corrected chi connectivity index (χ1v) is 10.1. The normalized spacial score (nSPS) is 13.1. The highest BCUT2D eigenvalue weighted by molar-refractivity contribution is 7.89. The summed E-state index contributed by atoms with van der Waals surface area (Å²) in [5.41, 5.74) is 1.03. The van der Waals surface area contributed by atoms with Crippen LogP contribution in [0.2, 0.25) is 0 Å². The Labute approximate surface area is 161 Å². The Morgan fingerprint density at radius 3 is 2.07 bits per heavy atom. The number of ether oxygens (including phenoxy) is 1. The van der Waals surface area contributed by atoms with Gasteiger partial charge in [-0.1, -0.05) is 17.7 Å². The number of sulfonamides is 1. The molecule has 2 rings (SSSR count). The van der Waals surface area contributed by atoms with E-state index in [1.54, 1.807) is 52.0 Å². The fourth-order valence-electron chi connectivity index (χ4n) is 2.30. The number of benzene rings is 2. The Morgan fingerprint density at radius 2 is 1.56 bits per heavy atom. The van der Waals surface area contributed by atoms with E-state index in [1.807, 2.05) is 19.1 Å². The molecular formula is C20H26N2O4S. The average Bonchev–Trinajstić information content (AvgIpc) is 2.55. The molecule has 0 bridgehead atoms. The number of rotatable bonds is 6. The molecule has 0 aliphatic heterocycles. The minimum atomic E-state index is -3.61. The van der Waals surface area contributed by atoms with Gasteiger partial charge in [0.25, 0.3) is 5.91 Å². The molecule has 1 atom stereocenters. The van der Waals surface area contributed by atoms with E-state index in [0.717, 1.165) is 5.56 Å². The fourth-order valence-corrected chi connectivity index (χ4v) is 3.72. The first-order valence-electron chi connectivity index (χ1n) is 8.64. The molecule has 0 radical (unpaired) electrons. The standard InChI is InChI=1S/C20H26N2O4S/c1-14-6-10-17(11-7-14)26-15(2)19(23)21-16-8-12-18(13-9-16)27(24,25)22-20(3,4)5/h6-13,15,22H,1-5H3,(H,21,23). The van der Waals surface area contributed by atoms with Crippen LogP contribution in [-0.4, -0.2) is 26.0 Å². The summed E-state index contributed by atoms with van der Waals surface area (Å²) in [6.07, 6.45) is -0.696. The number of amides is 1. The van der Waals surface area contributed by atoms with Gasteiger partial charge in [-0.2, -0.15) is 0 Å². The molecule has 2 aromatic carbocycles. The van der Waals surface area contributed by atoms with Crippen LogP contribution >= 0.6 is 0 Å². The van der Waals surface area contributed by atoms with Crippen LogP contribution in [0, 0.1) is 6.92 Å². The monoisotopic (exact) mass is 390 g/mol. The lowest BCUT2D eigenvalue weighted by Gasteiger charge is -2.20. The van der Waals surface area contributed by atoms with E-state index in [4.69, 9.17) is 4.74 Å². The van der Waals surface area contributed by atoms with Crippen molar-refractivity contribution < 1.29 is 17.9 Å². The summed E-state index contributed by atoms with van der Waals surface area (Å²) < 4.78 is 32.8. The second-order valence-electron chi connectivity index (χ2n) is 7.44. The zero-order chi connectivity index (χ0) is 20.2. The Bertz CT molecular complexity index is 883. The predicted molar refractivity (Wildman–Crippen MR) is 106 cm³/mol. The SMILES string of the molecule is Cc1ccc(OC(C)C(=O)Nc2ccc(S(=O)(=O)NC(C)(C)C)cc2)cc1. The molecule has 2 N–H and O–H groups in total. The van der Waals surface area contributed by atoms with Gasteiger partial charge in [0.2, 0.25) is 10.0 Å². The summed E-state index contributed by atoms with van der Waals surface area (Å²) in [4.78, 5) is 12.4. The largest absolute Gasteiger partial charge is 0.481 e. The summed E-state index contributed by atoms with van der Waals surface area (Å²) in [6, 6.07) is 13.4. The Kier molecular flexibility index (Phi) is 6.28. The molecule has 0 spiro atoms. The Morgan fingerprint density at radius 1 is 1.00 bits per heavy atom. The average molecular weight is 391 g/mol. The van der Waals surface area contributed by atoms with Crippen molar-refractivity contribution in [2.24, 2.45) is 0 Å². The molecule has 0 fully saturated rings. The minimum Gasteiger partial charge on any atom is -0.481 e. The third-order valence-electron chi connectivity index (χ3n) is 3.58. The zero-order valence-electron chi connectivity index (χ0n) is 16.2. The summed E-state index contributed by atoms with van der Waals surface area (Å²) in [6.45, 7) is 8.94. The van der Waals surface area contributed by atoms with Crippen molar-refractivity contribution in [3.8, 4) is 5.75 Å². The molecule has 6 nitrogen and oxygen atoms in total. The first kappa shape index (κ1) is 20.9. The minimum absolute atomic E-state index is 0.138. The molecule has 0 heterocycles. The van der Waals surface area contributed by atoms with E-state index < -0.39 is 21.7 Å². The molecule has 146 valence electrons. The van der Waals surface area contributed by atoms with Crippen LogP contribution in [0.3, 0.4) is 0 Å². The molecule has 0 aromatic heterocycles. The van der Waals surface area contributed by atoms with Gasteiger partial charge in [0.1, 0.15) is 5.75 Å². The highest BCUT2D eigenvalue weighted by Crippen LogP contribution is 2.18. The van der Waals surface area contributed by atoms with Crippen molar-refractivity contribution in [1.82, 2.24) is 4.72 Å². The van der Waals surface area contributed by atoms with Crippen LogP contribution in [0.1, 0.15) is 33.3 Å². The molecule has 0 aliphatic rings. The highest BCUT2D eigenvalue weighted by atomic mass is 32.2. The van der Waals surface area contributed by atoms with E-state index in [9.17, 15) is 13.2 Å². The number of hydrogen-bond acceptors (Lipinski definition) is 4. The summed E-state index contributed by atoms with van der Waals surface area (Å²) >= 11 is 0. The molecule has 1 amide bonds. The van der Waals surface area contributed by atoms with Crippen LogP contribution in [0.15, 0.2) is 53.4 Å². The van der Waals surface area contributed by atoms with Crippen LogP contribution < -0.4 is 14.8 Å². The second kappa shape index (κ2) is 8.10. The lowest BCUT2D eigenvalue weighted by molar-refractivity contribution is -0.122. The number of carbonyl (C=O) groups excluding carboxylic acids is 1. The van der Waals surface area contributed by atoms with E-state index in [0.29, 0.717) is 11.4 Å².